The van der Waals surface area contributed by atoms with E-state index in [1.54, 1.807) is 14.2 Å². The highest BCUT2D eigenvalue weighted by Gasteiger charge is 2.09. The Bertz CT molecular complexity index is 839. The number of ether oxygens (including phenoxy) is 2. The van der Waals surface area contributed by atoms with Gasteiger partial charge in [0.25, 0.3) is 0 Å². The number of fused-ring (bicyclic) bond motifs is 1. The summed E-state index contributed by atoms with van der Waals surface area (Å²) in [4.78, 5) is 2.20. The maximum absolute atomic E-state index is 5.43. The molecule has 1 atom stereocenters. The average molecular weight is 307 g/mol. The number of hydrogen-bond acceptors (Lipinski definition) is 3. The van der Waals surface area contributed by atoms with Crippen LogP contribution in [0.3, 0.4) is 0 Å². The fourth-order valence-corrected chi connectivity index (χ4v) is 2.75. The number of rotatable bonds is 4. The molecule has 0 radical (unpaired) electrons. The Morgan fingerprint density at radius 2 is 1.78 bits per heavy atom. The average Bonchev–Trinajstić information content (AvgIpc) is 2.59. The minimum Gasteiger partial charge on any atom is -0.497 e. The van der Waals surface area contributed by atoms with Crippen molar-refractivity contribution in [1.29, 1.82) is 0 Å². The minimum absolute atomic E-state index is 0.209. The number of methoxy groups -OCH3 is 2. The van der Waals surface area contributed by atoms with Crippen molar-refractivity contribution in [1.82, 2.24) is 4.90 Å². The maximum Gasteiger partial charge on any atom is 0.126 e. The molecule has 0 saturated heterocycles. The van der Waals surface area contributed by atoms with Crippen molar-refractivity contribution in [3.63, 3.8) is 0 Å². The van der Waals surface area contributed by atoms with E-state index in [1.807, 2.05) is 18.2 Å². The van der Waals surface area contributed by atoms with Crippen LogP contribution < -0.4 is 19.9 Å². The first kappa shape index (κ1) is 15.2. The lowest BCUT2D eigenvalue weighted by molar-refractivity contribution is 0.402. The first-order valence-corrected chi connectivity index (χ1v) is 7.62. The summed E-state index contributed by atoms with van der Waals surface area (Å²) < 4.78 is 10.7. The van der Waals surface area contributed by atoms with E-state index in [-0.39, 0.29) is 6.04 Å². The van der Waals surface area contributed by atoms with E-state index in [2.05, 4.69) is 60.6 Å². The molecule has 2 aromatic carbocycles. The van der Waals surface area contributed by atoms with E-state index >= 15 is 0 Å². The lowest BCUT2D eigenvalue weighted by atomic mass is 10.1. The van der Waals surface area contributed by atoms with E-state index in [4.69, 9.17) is 9.47 Å². The van der Waals surface area contributed by atoms with Gasteiger partial charge in [-0.2, -0.15) is 0 Å². The summed E-state index contributed by atoms with van der Waals surface area (Å²) >= 11 is 0. The summed E-state index contributed by atoms with van der Waals surface area (Å²) in [7, 11) is 5.44. The van der Waals surface area contributed by atoms with Crippen LogP contribution in [0, 0.1) is 0 Å². The lowest BCUT2D eigenvalue weighted by Crippen LogP contribution is -2.38. The predicted molar refractivity (Wildman–Crippen MR) is 94.8 cm³/mol. The van der Waals surface area contributed by atoms with Crippen LogP contribution in [0.2, 0.25) is 0 Å². The Balaban J connectivity index is 1.93. The van der Waals surface area contributed by atoms with E-state index in [1.165, 1.54) is 10.4 Å². The van der Waals surface area contributed by atoms with Crippen molar-refractivity contribution < 1.29 is 9.47 Å². The molecular weight excluding hydrogens is 286 g/mol. The molecule has 3 heteroatoms. The fourth-order valence-electron chi connectivity index (χ4n) is 2.75. The normalized spacial score (nSPS) is 16.5. The molecule has 0 aromatic heterocycles. The summed E-state index contributed by atoms with van der Waals surface area (Å²) in [6, 6.07) is 14.4. The van der Waals surface area contributed by atoms with E-state index in [0.717, 1.165) is 17.1 Å². The monoisotopic (exact) mass is 307 g/mol. The molecule has 0 amide bonds. The molecule has 0 N–H and O–H groups in total. The predicted octanol–water partition coefficient (Wildman–Crippen LogP) is 2.25. The Kier molecular flexibility index (Phi) is 4.38. The van der Waals surface area contributed by atoms with E-state index in [9.17, 15) is 0 Å². The summed E-state index contributed by atoms with van der Waals surface area (Å²) in [5.41, 5.74) is 1.01. The summed E-state index contributed by atoms with van der Waals surface area (Å²) in [5.74, 6) is 1.66. The van der Waals surface area contributed by atoms with Crippen LogP contribution >= 0.6 is 0 Å². The number of hydrogen-bond donors (Lipinski definition) is 0. The zero-order valence-electron chi connectivity index (χ0n) is 13.7. The second-order valence-electron chi connectivity index (χ2n) is 5.55. The van der Waals surface area contributed by atoms with Gasteiger partial charge >= 0.3 is 0 Å². The van der Waals surface area contributed by atoms with Crippen LogP contribution in [0.25, 0.3) is 18.4 Å². The lowest BCUT2D eigenvalue weighted by Gasteiger charge is -2.24. The van der Waals surface area contributed by atoms with Crippen molar-refractivity contribution in [2.45, 2.75) is 6.04 Å². The molecular formula is C20H21NO2. The second-order valence-corrected chi connectivity index (χ2v) is 5.55. The van der Waals surface area contributed by atoms with Gasteiger partial charge in [-0.15, -0.1) is 0 Å². The van der Waals surface area contributed by atoms with Crippen LogP contribution in [0.1, 0.15) is 5.56 Å². The summed E-state index contributed by atoms with van der Waals surface area (Å²) in [6.45, 7) is 0. The second kappa shape index (κ2) is 6.61. The summed E-state index contributed by atoms with van der Waals surface area (Å²) in [5, 5.41) is 2.51. The number of likely N-dealkylation sites (N-methyl/N-ethyl adjacent to an activating group) is 1. The van der Waals surface area contributed by atoms with E-state index in [0.29, 0.717) is 0 Å². The van der Waals surface area contributed by atoms with Crippen LogP contribution in [0.4, 0.5) is 0 Å². The first-order chi connectivity index (χ1) is 11.2. The zero-order chi connectivity index (χ0) is 16.2. The molecule has 0 aliphatic carbocycles. The number of benzene rings is 2. The Morgan fingerprint density at radius 3 is 2.52 bits per heavy atom. The minimum atomic E-state index is 0.209. The van der Waals surface area contributed by atoms with Crippen molar-refractivity contribution in [2.24, 2.45) is 0 Å². The molecule has 1 heterocycles. The van der Waals surface area contributed by atoms with Gasteiger partial charge in [-0.05, 0) is 28.6 Å². The Morgan fingerprint density at radius 1 is 1.00 bits per heavy atom. The van der Waals surface area contributed by atoms with Gasteiger partial charge in [0.15, 0.2) is 0 Å². The highest BCUT2D eigenvalue weighted by Crippen LogP contribution is 2.25. The quantitative estimate of drug-likeness (QED) is 0.865. The molecule has 23 heavy (non-hydrogen) atoms. The van der Waals surface area contributed by atoms with Crippen molar-refractivity contribution >= 4 is 18.4 Å². The highest BCUT2D eigenvalue weighted by atomic mass is 16.5. The molecule has 1 unspecified atom stereocenters. The van der Waals surface area contributed by atoms with Crippen molar-refractivity contribution in [3.05, 3.63) is 64.5 Å². The molecule has 1 aliphatic rings. The van der Waals surface area contributed by atoms with Crippen LogP contribution in [0.15, 0.2) is 48.5 Å². The van der Waals surface area contributed by atoms with Crippen molar-refractivity contribution in [2.75, 3.05) is 21.3 Å². The topological polar surface area (TPSA) is 21.7 Å². The molecule has 0 fully saturated rings. The van der Waals surface area contributed by atoms with Gasteiger partial charge in [0.2, 0.25) is 0 Å². The molecule has 118 valence electrons. The van der Waals surface area contributed by atoms with Crippen LogP contribution in [-0.2, 0) is 0 Å². The van der Waals surface area contributed by atoms with Gasteiger partial charge < -0.3 is 14.4 Å². The highest BCUT2D eigenvalue weighted by molar-refractivity contribution is 5.62. The third-order valence-electron chi connectivity index (χ3n) is 4.07. The Labute approximate surface area is 136 Å². The molecule has 1 aliphatic heterocycles. The molecule has 0 bridgehead atoms. The molecule has 0 saturated carbocycles. The van der Waals surface area contributed by atoms with Crippen LogP contribution in [0.5, 0.6) is 11.5 Å². The zero-order valence-corrected chi connectivity index (χ0v) is 13.7. The smallest absolute Gasteiger partial charge is 0.126 e. The SMILES string of the molecule is COc1ccc(OC)c(/C=C/C2C=c3ccccc3=CN2C)c1. The maximum atomic E-state index is 5.43. The summed E-state index contributed by atoms with van der Waals surface area (Å²) in [6.07, 6.45) is 8.69. The standard InChI is InChI=1S/C20H21NO2/c1-21-14-17-7-5-4-6-15(17)12-18(21)9-8-16-13-19(22-2)10-11-20(16)23-3/h4-14,18H,1-3H3/b9-8+. The molecule has 2 aromatic rings. The van der Waals surface area contributed by atoms with Gasteiger partial charge in [0.1, 0.15) is 11.5 Å². The largest absolute Gasteiger partial charge is 0.497 e. The van der Waals surface area contributed by atoms with Gasteiger partial charge in [0.05, 0.1) is 20.3 Å². The molecule has 3 rings (SSSR count). The van der Waals surface area contributed by atoms with Gasteiger partial charge in [0, 0.05) is 18.8 Å². The Hall–Kier alpha value is -2.68. The van der Waals surface area contributed by atoms with Gasteiger partial charge in [-0.1, -0.05) is 42.5 Å². The third kappa shape index (κ3) is 3.24. The van der Waals surface area contributed by atoms with Crippen molar-refractivity contribution in [3.8, 4) is 11.5 Å². The third-order valence-corrected chi connectivity index (χ3v) is 4.07. The van der Waals surface area contributed by atoms with Gasteiger partial charge in [-0.25, -0.2) is 0 Å². The van der Waals surface area contributed by atoms with Crippen LogP contribution in [-0.4, -0.2) is 32.2 Å². The van der Waals surface area contributed by atoms with E-state index < -0.39 is 0 Å². The van der Waals surface area contributed by atoms with Gasteiger partial charge in [-0.3, -0.25) is 0 Å². The molecule has 3 nitrogen and oxygen atoms in total. The fraction of sp³-hybridized carbons (Fsp3) is 0.200. The first-order valence-electron chi connectivity index (χ1n) is 7.62. The molecule has 0 spiro atoms. The number of nitrogens with zero attached hydrogens (tertiary/aromatic N) is 1.